The summed E-state index contributed by atoms with van der Waals surface area (Å²) < 4.78 is 57.7. The number of hydrogen-bond acceptors (Lipinski definition) is 5. The highest BCUT2D eigenvalue weighted by Gasteiger charge is 2.41. The van der Waals surface area contributed by atoms with Crippen LogP contribution in [0.2, 0.25) is 0 Å². The molecule has 1 aromatic heterocycles. The van der Waals surface area contributed by atoms with E-state index in [0.717, 1.165) is 0 Å². The number of anilines is 1. The first-order valence-corrected chi connectivity index (χ1v) is 9.34. The van der Waals surface area contributed by atoms with Crippen molar-refractivity contribution in [3.63, 3.8) is 0 Å². The number of amides is 1. The van der Waals surface area contributed by atoms with E-state index in [1.165, 1.54) is 13.8 Å². The van der Waals surface area contributed by atoms with Crippen LogP contribution in [0.5, 0.6) is 0 Å². The van der Waals surface area contributed by atoms with Crippen LogP contribution in [0, 0.1) is 0 Å². The van der Waals surface area contributed by atoms with E-state index in [-0.39, 0.29) is 18.1 Å². The molecule has 0 aliphatic rings. The van der Waals surface area contributed by atoms with Crippen molar-refractivity contribution < 1.29 is 31.8 Å². The molecule has 1 aromatic rings. The Bertz CT molecular complexity index is 603. The molecule has 1 rings (SSSR count). The fraction of sp³-hybridized carbons (Fsp3) is 0.750. The Labute approximate surface area is 154 Å². The second-order valence-corrected chi connectivity index (χ2v) is 9.25. The van der Waals surface area contributed by atoms with Crippen molar-refractivity contribution in [3.8, 4) is 0 Å². The largest absolute Gasteiger partial charge is 0.616 e. The maximum Gasteiger partial charge on any atom is 0.389 e. The number of methoxy groups -OCH3 is 1. The molecule has 0 bridgehead atoms. The number of rotatable bonds is 9. The number of nitrogens with zero attached hydrogens (tertiary/aromatic N) is 1. The van der Waals surface area contributed by atoms with E-state index < -0.39 is 39.8 Å². The number of alkyl halides is 3. The Morgan fingerprint density at radius 2 is 1.96 bits per heavy atom. The molecule has 0 fully saturated rings. The van der Waals surface area contributed by atoms with Crippen LogP contribution < -0.4 is 5.32 Å². The van der Waals surface area contributed by atoms with Crippen LogP contribution in [-0.4, -0.2) is 46.0 Å². The predicted octanol–water partition coefficient (Wildman–Crippen LogP) is 3.41. The SMILES string of the molecule is COCC(C)(C)c1cc(NC(=O)C(C)(C)[S+]([O-])CCCC(F)(F)F)on1. The molecule has 10 heteroatoms. The van der Waals surface area contributed by atoms with Gasteiger partial charge in [-0.2, -0.15) is 13.2 Å². The van der Waals surface area contributed by atoms with Gasteiger partial charge in [-0.05, 0) is 25.0 Å². The molecule has 1 amide bonds. The molecule has 0 saturated heterocycles. The Morgan fingerprint density at radius 1 is 1.35 bits per heavy atom. The summed E-state index contributed by atoms with van der Waals surface area (Å²) in [5, 5.41) is 6.37. The number of nitrogens with one attached hydrogen (secondary N) is 1. The number of halogens is 3. The lowest BCUT2D eigenvalue weighted by Gasteiger charge is -2.27. The summed E-state index contributed by atoms with van der Waals surface area (Å²) in [5.41, 5.74) is 0.135. The van der Waals surface area contributed by atoms with Gasteiger partial charge in [0.05, 0.1) is 12.3 Å². The first kappa shape index (κ1) is 22.8. The van der Waals surface area contributed by atoms with Gasteiger partial charge in [0.25, 0.3) is 5.91 Å². The van der Waals surface area contributed by atoms with Gasteiger partial charge >= 0.3 is 6.18 Å². The zero-order valence-corrected chi connectivity index (χ0v) is 16.3. The van der Waals surface area contributed by atoms with Crippen LogP contribution in [-0.2, 0) is 26.1 Å². The van der Waals surface area contributed by atoms with Crippen molar-refractivity contribution in [1.82, 2.24) is 5.16 Å². The van der Waals surface area contributed by atoms with Gasteiger partial charge in [0.15, 0.2) is 4.75 Å². The molecule has 0 saturated carbocycles. The summed E-state index contributed by atoms with van der Waals surface area (Å²) in [5.74, 6) is -0.757. The fourth-order valence-electron chi connectivity index (χ4n) is 2.11. The molecule has 0 aliphatic carbocycles. The van der Waals surface area contributed by atoms with Crippen LogP contribution in [0.3, 0.4) is 0 Å². The third kappa shape index (κ3) is 6.48. The summed E-state index contributed by atoms with van der Waals surface area (Å²) >= 11 is -1.78. The van der Waals surface area contributed by atoms with Crippen LogP contribution in [0.15, 0.2) is 10.6 Å². The maximum atomic E-state index is 12.4. The molecule has 0 spiro atoms. The van der Waals surface area contributed by atoms with Crippen LogP contribution >= 0.6 is 0 Å². The third-order valence-electron chi connectivity index (χ3n) is 3.85. The minimum atomic E-state index is -4.30. The van der Waals surface area contributed by atoms with E-state index in [4.69, 9.17) is 9.26 Å². The minimum absolute atomic E-state index is 0.0783. The normalized spacial score (nSPS) is 14.3. The summed E-state index contributed by atoms with van der Waals surface area (Å²) in [7, 11) is 1.56. The summed E-state index contributed by atoms with van der Waals surface area (Å²) in [4.78, 5) is 12.4. The van der Waals surface area contributed by atoms with Crippen molar-refractivity contribution in [2.75, 3.05) is 24.8 Å². The molecule has 26 heavy (non-hydrogen) atoms. The zero-order valence-electron chi connectivity index (χ0n) is 15.5. The third-order valence-corrected chi connectivity index (χ3v) is 5.83. The molecule has 0 aliphatic heterocycles. The Balaban J connectivity index is 2.69. The average Bonchev–Trinajstić information content (AvgIpc) is 2.95. The standard InChI is InChI=1S/C16H25F3N2O4S/c1-14(2,10-24-5)11-9-12(25-21-11)20-13(22)15(3,4)26(23)8-6-7-16(17,18)19/h9H,6-8,10H2,1-5H3,(H,20,22). The molecule has 1 N–H and O–H groups in total. The van der Waals surface area contributed by atoms with E-state index in [2.05, 4.69) is 10.5 Å². The van der Waals surface area contributed by atoms with Crippen molar-refractivity contribution in [1.29, 1.82) is 0 Å². The molecule has 150 valence electrons. The van der Waals surface area contributed by atoms with Crippen molar-refractivity contribution >= 4 is 23.0 Å². The molecule has 1 unspecified atom stereocenters. The second-order valence-electron chi connectivity index (χ2n) is 7.13. The van der Waals surface area contributed by atoms with Crippen LogP contribution in [0.1, 0.15) is 46.2 Å². The number of carbonyl (C=O) groups is 1. The number of hydrogen-bond donors (Lipinski definition) is 1. The highest BCUT2D eigenvalue weighted by molar-refractivity contribution is 7.93. The van der Waals surface area contributed by atoms with E-state index in [0.29, 0.717) is 12.3 Å². The van der Waals surface area contributed by atoms with Crippen LogP contribution in [0.25, 0.3) is 0 Å². The Kier molecular flexibility index (Phi) is 7.55. The smallest absolute Gasteiger partial charge is 0.389 e. The van der Waals surface area contributed by atoms with Crippen LogP contribution in [0.4, 0.5) is 19.1 Å². The van der Waals surface area contributed by atoms with Gasteiger partial charge < -0.3 is 13.8 Å². The highest BCUT2D eigenvalue weighted by Crippen LogP contribution is 2.28. The van der Waals surface area contributed by atoms with E-state index in [9.17, 15) is 22.5 Å². The molecule has 1 heterocycles. The molecule has 1 atom stereocenters. The second kappa shape index (κ2) is 8.62. The lowest BCUT2D eigenvalue weighted by atomic mass is 9.90. The van der Waals surface area contributed by atoms with E-state index in [1.54, 1.807) is 13.2 Å². The minimum Gasteiger partial charge on any atom is -0.616 e. The summed E-state index contributed by atoms with van der Waals surface area (Å²) in [6.07, 6.45) is -5.64. The first-order valence-electron chi connectivity index (χ1n) is 8.02. The maximum absolute atomic E-state index is 12.4. The lowest BCUT2D eigenvalue weighted by Crippen LogP contribution is -2.45. The van der Waals surface area contributed by atoms with E-state index >= 15 is 0 Å². The molecule has 0 aromatic carbocycles. The topological polar surface area (TPSA) is 87.4 Å². The zero-order chi connectivity index (χ0) is 20.2. The first-order chi connectivity index (χ1) is 11.8. The fourth-order valence-corrected chi connectivity index (χ4v) is 3.29. The van der Waals surface area contributed by atoms with Gasteiger partial charge in [0, 0.05) is 31.4 Å². The van der Waals surface area contributed by atoms with Gasteiger partial charge in [-0.25, -0.2) is 0 Å². The van der Waals surface area contributed by atoms with Crippen molar-refractivity contribution in [3.05, 3.63) is 11.8 Å². The van der Waals surface area contributed by atoms with Gasteiger partial charge in [0.1, 0.15) is 5.75 Å². The van der Waals surface area contributed by atoms with Gasteiger partial charge in [-0.3, -0.25) is 10.1 Å². The number of carbonyl (C=O) groups excluding carboxylic acids is 1. The molecule has 6 nitrogen and oxygen atoms in total. The summed E-state index contributed by atoms with van der Waals surface area (Å²) in [6, 6.07) is 1.54. The van der Waals surface area contributed by atoms with Gasteiger partial charge in [-0.1, -0.05) is 19.0 Å². The number of ether oxygens (including phenoxy) is 1. The monoisotopic (exact) mass is 398 g/mol. The highest BCUT2D eigenvalue weighted by atomic mass is 32.2. The van der Waals surface area contributed by atoms with E-state index in [1.807, 2.05) is 13.8 Å². The molecular formula is C16H25F3N2O4S. The predicted molar refractivity (Wildman–Crippen MR) is 92.4 cm³/mol. The Morgan fingerprint density at radius 3 is 2.50 bits per heavy atom. The Hall–Kier alpha value is -1.26. The van der Waals surface area contributed by atoms with Crippen molar-refractivity contribution in [2.45, 2.75) is 56.9 Å². The average molecular weight is 398 g/mol. The molecular weight excluding hydrogens is 373 g/mol. The lowest BCUT2D eigenvalue weighted by molar-refractivity contribution is -0.134. The molecule has 0 radical (unpaired) electrons. The van der Waals surface area contributed by atoms with Gasteiger partial charge in [0.2, 0.25) is 5.88 Å². The van der Waals surface area contributed by atoms with Crippen molar-refractivity contribution in [2.24, 2.45) is 0 Å². The number of aromatic nitrogens is 1. The van der Waals surface area contributed by atoms with Gasteiger partial charge in [-0.15, -0.1) is 0 Å². The summed E-state index contributed by atoms with van der Waals surface area (Å²) in [6.45, 7) is 7.00. The quantitative estimate of drug-likeness (QED) is 0.644.